The topological polar surface area (TPSA) is 54.5 Å². The summed E-state index contributed by atoms with van der Waals surface area (Å²) < 4.78 is 5.45. The molecule has 2 aliphatic rings. The number of nitrogens with zero attached hydrogens (tertiary/aromatic N) is 2. The molecule has 132 valence electrons. The molecule has 1 aliphatic heterocycles. The molecule has 1 saturated heterocycles. The SMILES string of the molecule is CCN1C(=O)C[C@@H](CNC2CCC(OC)CC2)[C@@H]1c1cccnc1. The van der Waals surface area contributed by atoms with Gasteiger partial charge in [-0.3, -0.25) is 9.78 Å². The molecular formula is C19H29N3O2. The summed E-state index contributed by atoms with van der Waals surface area (Å²) in [6.07, 6.45) is 9.34. The lowest BCUT2D eigenvalue weighted by atomic mass is 9.91. The Hall–Kier alpha value is -1.46. The number of aromatic nitrogens is 1. The van der Waals surface area contributed by atoms with Gasteiger partial charge in [-0.1, -0.05) is 6.07 Å². The standard InChI is InChI=1S/C19H29N3O2/c1-3-22-18(23)11-15(19(22)14-5-4-10-20-12-14)13-21-16-6-8-17(24-2)9-7-16/h4-5,10,12,15-17,19,21H,3,6-9,11,13H2,1-2H3/t15-,16?,17?,19-/m0/s1. The fraction of sp³-hybridized carbons (Fsp3) is 0.684. The Morgan fingerprint density at radius 2 is 2.12 bits per heavy atom. The number of hydrogen-bond acceptors (Lipinski definition) is 4. The maximum atomic E-state index is 12.4. The lowest BCUT2D eigenvalue weighted by molar-refractivity contribution is -0.128. The Morgan fingerprint density at radius 1 is 1.33 bits per heavy atom. The first-order valence-electron chi connectivity index (χ1n) is 9.18. The van der Waals surface area contributed by atoms with E-state index in [2.05, 4.69) is 23.3 Å². The van der Waals surface area contributed by atoms with Gasteiger partial charge in [0.15, 0.2) is 0 Å². The predicted molar refractivity (Wildman–Crippen MR) is 93.5 cm³/mol. The van der Waals surface area contributed by atoms with E-state index >= 15 is 0 Å². The summed E-state index contributed by atoms with van der Waals surface area (Å²) in [5.41, 5.74) is 1.15. The molecule has 5 heteroatoms. The van der Waals surface area contributed by atoms with Crippen LogP contribution in [0.1, 0.15) is 50.6 Å². The van der Waals surface area contributed by atoms with Crippen molar-refractivity contribution in [3.63, 3.8) is 0 Å². The van der Waals surface area contributed by atoms with E-state index in [4.69, 9.17) is 4.74 Å². The summed E-state index contributed by atoms with van der Waals surface area (Å²) in [6.45, 7) is 3.71. The number of carbonyl (C=O) groups is 1. The van der Waals surface area contributed by atoms with Gasteiger partial charge in [0.2, 0.25) is 5.91 Å². The van der Waals surface area contributed by atoms with Gasteiger partial charge in [0.05, 0.1) is 12.1 Å². The summed E-state index contributed by atoms with van der Waals surface area (Å²) in [5.74, 6) is 0.586. The second-order valence-corrected chi connectivity index (χ2v) is 6.99. The summed E-state index contributed by atoms with van der Waals surface area (Å²) in [4.78, 5) is 18.7. The lowest BCUT2D eigenvalue weighted by Crippen LogP contribution is -2.39. The normalized spacial score (nSPS) is 30.8. The van der Waals surface area contributed by atoms with Crippen LogP contribution in [0.5, 0.6) is 0 Å². The Kier molecular flexibility index (Phi) is 5.85. The second-order valence-electron chi connectivity index (χ2n) is 6.99. The van der Waals surface area contributed by atoms with Crippen LogP contribution in [0.3, 0.4) is 0 Å². The van der Waals surface area contributed by atoms with Gasteiger partial charge in [0.1, 0.15) is 0 Å². The number of hydrogen-bond donors (Lipinski definition) is 1. The molecule has 3 rings (SSSR count). The van der Waals surface area contributed by atoms with E-state index in [1.165, 1.54) is 0 Å². The smallest absolute Gasteiger partial charge is 0.223 e. The molecule has 5 nitrogen and oxygen atoms in total. The largest absolute Gasteiger partial charge is 0.381 e. The zero-order valence-electron chi connectivity index (χ0n) is 14.8. The van der Waals surface area contributed by atoms with E-state index in [1.54, 1.807) is 13.3 Å². The third kappa shape index (κ3) is 3.78. The van der Waals surface area contributed by atoms with E-state index in [-0.39, 0.29) is 11.9 Å². The Morgan fingerprint density at radius 3 is 2.75 bits per heavy atom. The van der Waals surface area contributed by atoms with Crippen molar-refractivity contribution in [2.75, 3.05) is 20.2 Å². The van der Waals surface area contributed by atoms with Gasteiger partial charge in [-0.2, -0.15) is 0 Å². The van der Waals surface area contributed by atoms with E-state index in [0.717, 1.165) is 44.3 Å². The van der Waals surface area contributed by atoms with Crippen molar-refractivity contribution in [3.05, 3.63) is 30.1 Å². The van der Waals surface area contributed by atoms with Gasteiger partial charge in [-0.25, -0.2) is 0 Å². The van der Waals surface area contributed by atoms with Gasteiger partial charge < -0.3 is 15.0 Å². The number of rotatable bonds is 6. The Balaban J connectivity index is 1.62. The molecule has 2 heterocycles. The molecule has 2 fully saturated rings. The fourth-order valence-corrected chi connectivity index (χ4v) is 4.24. The molecule has 0 radical (unpaired) electrons. The predicted octanol–water partition coefficient (Wildman–Crippen LogP) is 2.54. The van der Waals surface area contributed by atoms with Crippen molar-refractivity contribution in [2.24, 2.45) is 5.92 Å². The first-order chi connectivity index (χ1) is 11.7. The number of nitrogens with one attached hydrogen (secondary N) is 1. The van der Waals surface area contributed by atoms with Gasteiger partial charge in [0, 0.05) is 51.0 Å². The molecule has 24 heavy (non-hydrogen) atoms. The lowest BCUT2D eigenvalue weighted by Gasteiger charge is -2.31. The highest BCUT2D eigenvalue weighted by Crippen LogP contribution is 2.37. The number of methoxy groups -OCH3 is 1. The van der Waals surface area contributed by atoms with Crippen molar-refractivity contribution >= 4 is 5.91 Å². The van der Waals surface area contributed by atoms with Crippen LogP contribution >= 0.6 is 0 Å². The Labute approximate surface area is 144 Å². The number of amides is 1. The minimum atomic E-state index is 0.152. The molecule has 2 atom stereocenters. The van der Waals surface area contributed by atoms with Crippen LogP contribution < -0.4 is 5.32 Å². The summed E-state index contributed by atoms with van der Waals surface area (Å²) in [6, 6.07) is 4.76. The maximum absolute atomic E-state index is 12.4. The average molecular weight is 331 g/mol. The summed E-state index contributed by atoms with van der Waals surface area (Å²) >= 11 is 0. The van der Waals surface area contributed by atoms with Gasteiger partial charge in [-0.15, -0.1) is 0 Å². The monoisotopic (exact) mass is 331 g/mol. The summed E-state index contributed by atoms with van der Waals surface area (Å²) in [5, 5.41) is 3.72. The van der Waals surface area contributed by atoms with E-state index in [9.17, 15) is 4.79 Å². The number of ether oxygens (including phenoxy) is 1. The highest BCUT2D eigenvalue weighted by Gasteiger charge is 2.39. The van der Waals surface area contributed by atoms with Gasteiger partial charge >= 0.3 is 0 Å². The molecule has 1 N–H and O–H groups in total. The van der Waals surface area contributed by atoms with Crippen molar-refractivity contribution in [1.82, 2.24) is 15.2 Å². The second kappa shape index (κ2) is 8.08. The first-order valence-corrected chi connectivity index (χ1v) is 9.18. The van der Waals surface area contributed by atoms with E-state index in [1.807, 2.05) is 17.2 Å². The van der Waals surface area contributed by atoms with E-state index in [0.29, 0.717) is 24.5 Å². The molecule has 0 spiro atoms. The molecule has 1 aromatic heterocycles. The Bertz CT molecular complexity index is 529. The number of likely N-dealkylation sites (tertiary alicyclic amines) is 1. The van der Waals surface area contributed by atoms with Crippen molar-refractivity contribution in [3.8, 4) is 0 Å². The third-order valence-electron chi connectivity index (χ3n) is 5.58. The van der Waals surface area contributed by atoms with Crippen LogP contribution in [-0.2, 0) is 9.53 Å². The zero-order valence-corrected chi connectivity index (χ0v) is 14.8. The summed E-state index contributed by atoms with van der Waals surface area (Å²) in [7, 11) is 1.81. The molecule has 1 saturated carbocycles. The molecule has 0 bridgehead atoms. The molecular weight excluding hydrogens is 302 g/mol. The first kappa shape index (κ1) is 17.4. The van der Waals surface area contributed by atoms with Crippen molar-refractivity contribution in [1.29, 1.82) is 0 Å². The molecule has 0 aromatic carbocycles. The zero-order chi connectivity index (χ0) is 16.9. The number of pyridine rings is 1. The maximum Gasteiger partial charge on any atom is 0.223 e. The minimum Gasteiger partial charge on any atom is -0.381 e. The van der Waals surface area contributed by atoms with Crippen LogP contribution in [-0.4, -0.2) is 48.1 Å². The highest BCUT2D eigenvalue weighted by atomic mass is 16.5. The number of carbonyl (C=O) groups excluding carboxylic acids is 1. The van der Waals surface area contributed by atoms with Crippen LogP contribution in [0, 0.1) is 5.92 Å². The molecule has 1 aromatic rings. The van der Waals surface area contributed by atoms with Crippen LogP contribution in [0.2, 0.25) is 0 Å². The minimum absolute atomic E-state index is 0.152. The van der Waals surface area contributed by atoms with Crippen molar-refractivity contribution < 1.29 is 9.53 Å². The molecule has 0 unspecified atom stereocenters. The molecule has 1 aliphatic carbocycles. The van der Waals surface area contributed by atoms with Gasteiger partial charge in [0.25, 0.3) is 0 Å². The van der Waals surface area contributed by atoms with Gasteiger partial charge in [-0.05, 0) is 44.2 Å². The van der Waals surface area contributed by atoms with Crippen LogP contribution in [0.25, 0.3) is 0 Å². The van der Waals surface area contributed by atoms with Crippen LogP contribution in [0.4, 0.5) is 0 Å². The third-order valence-corrected chi connectivity index (χ3v) is 5.58. The van der Waals surface area contributed by atoms with E-state index < -0.39 is 0 Å². The van der Waals surface area contributed by atoms with Crippen LogP contribution in [0.15, 0.2) is 24.5 Å². The fourth-order valence-electron chi connectivity index (χ4n) is 4.24. The molecule has 1 amide bonds. The quantitative estimate of drug-likeness (QED) is 0.870. The highest BCUT2D eigenvalue weighted by molar-refractivity contribution is 5.79. The van der Waals surface area contributed by atoms with Crippen molar-refractivity contribution in [2.45, 2.75) is 57.2 Å². The average Bonchev–Trinajstić information content (AvgIpc) is 2.96.